The van der Waals surface area contributed by atoms with Gasteiger partial charge in [-0.05, 0) is 30.7 Å². The van der Waals surface area contributed by atoms with Crippen molar-refractivity contribution < 1.29 is 14.3 Å². The molecule has 0 atom stereocenters. The molecule has 0 unspecified atom stereocenters. The average molecular weight is 285 g/mol. The van der Waals surface area contributed by atoms with Crippen molar-refractivity contribution in [3.8, 4) is 5.75 Å². The molecule has 0 aliphatic rings. The van der Waals surface area contributed by atoms with Crippen molar-refractivity contribution in [1.29, 1.82) is 0 Å². The van der Waals surface area contributed by atoms with E-state index in [2.05, 4.69) is 10.9 Å². The Hall–Kier alpha value is -1.75. The Morgan fingerprint density at radius 1 is 1.32 bits per heavy atom. The number of amides is 2. The van der Waals surface area contributed by atoms with E-state index in [-0.39, 0.29) is 18.4 Å². The molecule has 0 spiro atoms. The Labute approximate surface area is 117 Å². The summed E-state index contributed by atoms with van der Waals surface area (Å²) in [7, 11) is 0. The predicted octanol–water partition coefficient (Wildman–Crippen LogP) is 1.83. The van der Waals surface area contributed by atoms with Crippen LogP contribution in [0.5, 0.6) is 5.75 Å². The van der Waals surface area contributed by atoms with Crippen LogP contribution in [0.15, 0.2) is 18.2 Å². The van der Waals surface area contributed by atoms with E-state index in [1.165, 1.54) is 0 Å². The van der Waals surface area contributed by atoms with E-state index in [9.17, 15) is 9.59 Å². The summed E-state index contributed by atoms with van der Waals surface area (Å²) in [5.41, 5.74) is 5.42. The Bertz CT molecular complexity index is 475. The summed E-state index contributed by atoms with van der Waals surface area (Å²) in [6, 6.07) is 5.12. The zero-order valence-corrected chi connectivity index (χ0v) is 11.9. The maximum absolute atomic E-state index is 11.4. The van der Waals surface area contributed by atoms with Crippen molar-refractivity contribution >= 4 is 23.4 Å². The van der Waals surface area contributed by atoms with Crippen LogP contribution in [0.4, 0.5) is 0 Å². The number of carbonyl (C=O) groups is 2. The minimum absolute atomic E-state index is 0.180. The van der Waals surface area contributed by atoms with Crippen molar-refractivity contribution in [1.82, 2.24) is 10.9 Å². The highest BCUT2D eigenvalue weighted by molar-refractivity contribution is 6.30. The van der Waals surface area contributed by atoms with Crippen LogP contribution >= 0.6 is 11.6 Å². The van der Waals surface area contributed by atoms with Crippen molar-refractivity contribution in [2.24, 2.45) is 5.92 Å². The molecule has 0 bridgehead atoms. The molecule has 0 aromatic heterocycles. The van der Waals surface area contributed by atoms with Gasteiger partial charge in [-0.15, -0.1) is 0 Å². The Kier molecular flexibility index (Phi) is 5.63. The number of carbonyl (C=O) groups excluding carboxylic acids is 2. The molecule has 1 rings (SSSR count). The zero-order chi connectivity index (χ0) is 14.4. The molecule has 0 aliphatic heterocycles. The summed E-state index contributed by atoms with van der Waals surface area (Å²) in [4.78, 5) is 22.7. The maximum atomic E-state index is 11.4. The lowest BCUT2D eigenvalue weighted by Gasteiger charge is -2.11. The third kappa shape index (κ3) is 5.18. The average Bonchev–Trinajstić information content (AvgIpc) is 2.34. The van der Waals surface area contributed by atoms with Gasteiger partial charge in [-0.1, -0.05) is 25.4 Å². The number of rotatable bonds is 4. The van der Waals surface area contributed by atoms with Crippen LogP contribution in [0.25, 0.3) is 0 Å². The normalized spacial score (nSPS) is 10.2. The molecule has 0 saturated heterocycles. The number of ether oxygens (including phenoxy) is 1. The molecule has 2 amide bonds. The standard InChI is InChI=1S/C13H17ClN2O3/c1-8(2)13(18)16-15-12(17)7-19-11-5-4-10(14)6-9(11)3/h4-6,8H,7H2,1-3H3,(H,15,17)(H,16,18). The highest BCUT2D eigenvalue weighted by Gasteiger charge is 2.09. The molecule has 1 aromatic carbocycles. The second-order valence-corrected chi connectivity index (χ2v) is 4.83. The topological polar surface area (TPSA) is 67.4 Å². The van der Waals surface area contributed by atoms with Gasteiger partial charge in [-0.25, -0.2) is 0 Å². The Morgan fingerprint density at radius 3 is 2.58 bits per heavy atom. The first kappa shape index (κ1) is 15.3. The fraction of sp³-hybridized carbons (Fsp3) is 0.385. The molecule has 2 N–H and O–H groups in total. The van der Waals surface area contributed by atoms with Gasteiger partial charge < -0.3 is 4.74 Å². The molecule has 104 valence electrons. The molecule has 5 nitrogen and oxygen atoms in total. The van der Waals surface area contributed by atoms with Crippen molar-refractivity contribution in [3.05, 3.63) is 28.8 Å². The van der Waals surface area contributed by atoms with E-state index >= 15 is 0 Å². The van der Waals surface area contributed by atoms with Gasteiger partial charge in [-0.2, -0.15) is 0 Å². The van der Waals surface area contributed by atoms with E-state index in [1.54, 1.807) is 32.0 Å². The highest BCUT2D eigenvalue weighted by Crippen LogP contribution is 2.21. The number of nitrogens with one attached hydrogen (secondary N) is 2. The lowest BCUT2D eigenvalue weighted by atomic mass is 10.2. The number of hydrazine groups is 1. The van der Waals surface area contributed by atoms with Gasteiger partial charge in [0.05, 0.1) is 0 Å². The SMILES string of the molecule is Cc1cc(Cl)ccc1OCC(=O)NNC(=O)C(C)C. The van der Waals surface area contributed by atoms with Gasteiger partial charge in [0, 0.05) is 10.9 Å². The quantitative estimate of drug-likeness (QED) is 0.829. The highest BCUT2D eigenvalue weighted by atomic mass is 35.5. The van der Waals surface area contributed by atoms with Gasteiger partial charge in [0.1, 0.15) is 5.75 Å². The summed E-state index contributed by atoms with van der Waals surface area (Å²) in [5, 5.41) is 0.610. The predicted molar refractivity (Wildman–Crippen MR) is 72.8 cm³/mol. The van der Waals surface area contributed by atoms with E-state index in [0.29, 0.717) is 10.8 Å². The second-order valence-electron chi connectivity index (χ2n) is 4.39. The first-order valence-corrected chi connectivity index (χ1v) is 6.25. The van der Waals surface area contributed by atoms with Crippen LogP contribution in [0.1, 0.15) is 19.4 Å². The third-order valence-corrected chi connectivity index (χ3v) is 2.58. The van der Waals surface area contributed by atoms with Crippen LogP contribution in [-0.4, -0.2) is 18.4 Å². The summed E-state index contributed by atoms with van der Waals surface area (Å²) >= 11 is 5.81. The first-order valence-electron chi connectivity index (χ1n) is 5.87. The van der Waals surface area contributed by atoms with Crippen LogP contribution in [0.3, 0.4) is 0 Å². The number of benzene rings is 1. The zero-order valence-electron chi connectivity index (χ0n) is 11.1. The Morgan fingerprint density at radius 2 is 2.00 bits per heavy atom. The van der Waals surface area contributed by atoms with Crippen LogP contribution in [0.2, 0.25) is 5.02 Å². The lowest BCUT2D eigenvalue weighted by molar-refractivity contribution is -0.131. The molecule has 0 saturated carbocycles. The van der Waals surface area contributed by atoms with Gasteiger partial charge >= 0.3 is 0 Å². The van der Waals surface area contributed by atoms with Crippen LogP contribution in [0, 0.1) is 12.8 Å². The molecule has 0 heterocycles. The van der Waals surface area contributed by atoms with Crippen LogP contribution in [-0.2, 0) is 9.59 Å². The third-order valence-electron chi connectivity index (χ3n) is 2.35. The maximum Gasteiger partial charge on any atom is 0.276 e. The molecule has 6 heteroatoms. The van der Waals surface area contributed by atoms with E-state index in [1.807, 2.05) is 6.92 Å². The van der Waals surface area contributed by atoms with E-state index < -0.39 is 5.91 Å². The van der Waals surface area contributed by atoms with Crippen LogP contribution < -0.4 is 15.6 Å². The summed E-state index contributed by atoms with van der Waals surface area (Å²) in [6.07, 6.45) is 0. The summed E-state index contributed by atoms with van der Waals surface area (Å²) < 4.78 is 5.32. The van der Waals surface area contributed by atoms with Gasteiger partial charge in [0.15, 0.2) is 6.61 Å². The van der Waals surface area contributed by atoms with Crippen molar-refractivity contribution in [2.45, 2.75) is 20.8 Å². The van der Waals surface area contributed by atoms with Crippen molar-refractivity contribution in [3.63, 3.8) is 0 Å². The molecule has 19 heavy (non-hydrogen) atoms. The number of hydrogen-bond donors (Lipinski definition) is 2. The number of hydrogen-bond acceptors (Lipinski definition) is 3. The number of aryl methyl sites for hydroxylation is 1. The second kappa shape index (κ2) is 6.99. The van der Waals surface area contributed by atoms with Gasteiger partial charge in [0.25, 0.3) is 5.91 Å². The van der Waals surface area contributed by atoms with E-state index in [4.69, 9.17) is 16.3 Å². The van der Waals surface area contributed by atoms with Gasteiger partial charge in [0.2, 0.25) is 5.91 Å². The molecular formula is C13H17ClN2O3. The minimum Gasteiger partial charge on any atom is -0.483 e. The molecule has 0 fully saturated rings. The molecule has 0 radical (unpaired) electrons. The van der Waals surface area contributed by atoms with Gasteiger partial charge in [-0.3, -0.25) is 20.4 Å². The molecule has 0 aliphatic carbocycles. The monoisotopic (exact) mass is 284 g/mol. The van der Waals surface area contributed by atoms with E-state index in [0.717, 1.165) is 5.56 Å². The molecule has 1 aromatic rings. The fourth-order valence-corrected chi connectivity index (χ4v) is 1.46. The summed E-state index contributed by atoms with van der Waals surface area (Å²) in [5.74, 6) is -0.297. The largest absolute Gasteiger partial charge is 0.483 e. The number of halogens is 1. The van der Waals surface area contributed by atoms with Crippen molar-refractivity contribution in [2.75, 3.05) is 6.61 Å². The molecular weight excluding hydrogens is 268 g/mol. The lowest BCUT2D eigenvalue weighted by Crippen LogP contribution is -2.45. The minimum atomic E-state index is -0.427. The fourth-order valence-electron chi connectivity index (χ4n) is 1.23. The first-order chi connectivity index (χ1) is 8.90. The summed E-state index contributed by atoms with van der Waals surface area (Å²) in [6.45, 7) is 5.12. The Balaban J connectivity index is 2.40. The smallest absolute Gasteiger partial charge is 0.276 e.